The molecule has 1 amide bonds. The summed E-state index contributed by atoms with van der Waals surface area (Å²) >= 11 is 0. The van der Waals surface area contributed by atoms with Crippen LogP contribution in [0.15, 0.2) is 99.6 Å². The van der Waals surface area contributed by atoms with E-state index in [0.29, 0.717) is 11.2 Å². The van der Waals surface area contributed by atoms with Gasteiger partial charge in [0.15, 0.2) is 0 Å². The number of nitrogens with zero attached hydrogens (tertiary/aromatic N) is 1. The van der Waals surface area contributed by atoms with Gasteiger partial charge in [-0.15, -0.1) is 0 Å². The summed E-state index contributed by atoms with van der Waals surface area (Å²) in [6.45, 7) is -0.207. The zero-order valence-corrected chi connectivity index (χ0v) is 17.0. The van der Waals surface area contributed by atoms with E-state index >= 15 is 0 Å². The monoisotopic (exact) mass is 436 g/mol. The number of para-hydroxylation sites is 2. The van der Waals surface area contributed by atoms with Gasteiger partial charge in [0.1, 0.15) is 17.3 Å². The van der Waals surface area contributed by atoms with Gasteiger partial charge < -0.3 is 9.88 Å². The third-order valence-corrected chi connectivity index (χ3v) is 6.50. The predicted molar refractivity (Wildman–Crippen MR) is 115 cm³/mol. The van der Waals surface area contributed by atoms with E-state index in [1.165, 1.54) is 10.6 Å². The van der Waals surface area contributed by atoms with Gasteiger partial charge in [0.05, 0.1) is 10.4 Å². The number of rotatable bonds is 5. The lowest BCUT2D eigenvalue weighted by Gasteiger charge is -2.14. The van der Waals surface area contributed by atoms with E-state index in [1.54, 1.807) is 42.5 Å². The molecule has 6 nitrogen and oxygen atoms in total. The van der Waals surface area contributed by atoms with Gasteiger partial charge in [0, 0.05) is 17.3 Å². The average molecular weight is 436 g/mol. The quantitative estimate of drug-likeness (QED) is 0.485. The summed E-state index contributed by atoms with van der Waals surface area (Å²) in [7, 11) is -4.23. The molecule has 0 aliphatic heterocycles. The minimum Gasteiger partial charge on any atom is -0.336 e. The van der Waals surface area contributed by atoms with Crippen molar-refractivity contribution in [3.05, 3.63) is 101 Å². The molecule has 0 spiro atoms. The van der Waals surface area contributed by atoms with Crippen molar-refractivity contribution in [1.29, 1.82) is 0 Å². The molecule has 4 aromatic rings. The van der Waals surface area contributed by atoms with Crippen LogP contribution in [-0.4, -0.2) is 18.9 Å². The first kappa shape index (κ1) is 20.5. The highest BCUT2D eigenvalue weighted by Crippen LogP contribution is 2.21. The molecule has 0 saturated heterocycles. The molecule has 0 fully saturated rings. The fourth-order valence-electron chi connectivity index (χ4n) is 3.26. The molecule has 0 saturated carbocycles. The number of anilines is 1. The smallest absolute Gasteiger partial charge is 0.244 e. The fourth-order valence-corrected chi connectivity index (χ4v) is 4.63. The van der Waals surface area contributed by atoms with Crippen LogP contribution < -0.4 is 10.7 Å². The van der Waals surface area contributed by atoms with Crippen molar-refractivity contribution in [2.24, 2.45) is 0 Å². The Kier molecular flexibility index (Phi) is 5.39. The van der Waals surface area contributed by atoms with Gasteiger partial charge in [-0.05, 0) is 48.5 Å². The van der Waals surface area contributed by atoms with Gasteiger partial charge in [0.25, 0.3) is 0 Å². The van der Waals surface area contributed by atoms with Crippen molar-refractivity contribution < 1.29 is 17.6 Å². The van der Waals surface area contributed by atoms with Crippen molar-refractivity contribution in [3.63, 3.8) is 0 Å². The first-order chi connectivity index (χ1) is 14.9. The van der Waals surface area contributed by atoms with Gasteiger partial charge in [-0.2, -0.15) is 0 Å². The fraction of sp³-hybridized carbons (Fsp3) is 0.0435. The molecule has 0 radical (unpaired) electrons. The van der Waals surface area contributed by atoms with E-state index in [0.717, 1.165) is 30.5 Å². The van der Waals surface area contributed by atoms with Gasteiger partial charge >= 0.3 is 0 Å². The SMILES string of the molecule is O=C(Cn1cc(S(=O)(=O)c2ccc(F)cc2)c(=O)c2ccccc21)Nc1ccccc1. The maximum absolute atomic E-state index is 13.2. The molecule has 0 unspecified atom stereocenters. The van der Waals surface area contributed by atoms with E-state index in [2.05, 4.69) is 5.32 Å². The summed E-state index contributed by atoms with van der Waals surface area (Å²) < 4.78 is 40.9. The summed E-state index contributed by atoms with van der Waals surface area (Å²) in [5.41, 5.74) is 0.338. The number of aromatic nitrogens is 1. The molecule has 0 atom stereocenters. The molecule has 1 N–H and O–H groups in total. The Morgan fingerprint density at radius 1 is 0.903 bits per heavy atom. The predicted octanol–water partition coefficient (Wildman–Crippen LogP) is 3.61. The van der Waals surface area contributed by atoms with E-state index in [4.69, 9.17) is 0 Å². The number of carbonyl (C=O) groups is 1. The lowest BCUT2D eigenvalue weighted by atomic mass is 10.2. The molecule has 31 heavy (non-hydrogen) atoms. The van der Waals surface area contributed by atoms with Crippen molar-refractivity contribution in [3.8, 4) is 0 Å². The van der Waals surface area contributed by atoms with E-state index in [9.17, 15) is 22.4 Å². The summed E-state index contributed by atoms with van der Waals surface area (Å²) in [4.78, 5) is 24.9. The normalized spacial score (nSPS) is 11.4. The second-order valence-electron chi connectivity index (χ2n) is 6.84. The van der Waals surface area contributed by atoms with Gasteiger partial charge in [-0.3, -0.25) is 9.59 Å². The van der Waals surface area contributed by atoms with E-state index in [-0.39, 0.29) is 22.7 Å². The molecular formula is C23H17FN2O4S. The number of pyridine rings is 1. The first-order valence-corrected chi connectivity index (χ1v) is 10.8. The minimum atomic E-state index is -4.23. The van der Waals surface area contributed by atoms with Crippen LogP contribution in [0.4, 0.5) is 10.1 Å². The van der Waals surface area contributed by atoms with Gasteiger partial charge in [-0.25, -0.2) is 12.8 Å². The minimum absolute atomic E-state index is 0.165. The Morgan fingerprint density at radius 3 is 2.26 bits per heavy atom. The number of amides is 1. The largest absolute Gasteiger partial charge is 0.336 e. The van der Waals surface area contributed by atoms with Crippen molar-refractivity contribution in [2.45, 2.75) is 16.3 Å². The molecular weight excluding hydrogens is 419 g/mol. The Hall–Kier alpha value is -3.78. The molecule has 1 heterocycles. The summed E-state index contributed by atoms with van der Waals surface area (Å²) in [5.74, 6) is -0.974. The zero-order chi connectivity index (χ0) is 22.0. The number of hydrogen-bond acceptors (Lipinski definition) is 4. The third-order valence-electron chi connectivity index (χ3n) is 4.74. The molecule has 1 aromatic heterocycles. The maximum Gasteiger partial charge on any atom is 0.244 e. The summed E-state index contributed by atoms with van der Waals surface area (Å²) in [6.07, 6.45) is 1.16. The van der Waals surface area contributed by atoms with E-state index in [1.807, 2.05) is 6.07 Å². The first-order valence-electron chi connectivity index (χ1n) is 9.34. The Labute approximate surface area is 177 Å². The van der Waals surface area contributed by atoms with Crippen LogP contribution in [0.3, 0.4) is 0 Å². The number of benzene rings is 3. The number of fused-ring (bicyclic) bond motifs is 1. The standard InChI is InChI=1S/C23H17FN2O4S/c24-16-10-12-18(13-11-16)31(29,30)21-14-26(20-9-5-4-8-19(20)23(21)28)15-22(27)25-17-6-2-1-3-7-17/h1-14H,15H2,(H,25,27). The number of sulfone groups is 1. The number of carbonyl (C=O) groups excluding carboxylic acids is 1. The lowest BCUT2D eigenvalue weighted by Crippen LogP contribution is -2.23. The lowest BCUT2D eigenvalue weighted by molar-refractivity contribution is -0.116. The van der Waals surface area contributed by atoms with Crippen LogP contribution in [0.1, 0.15) is 0 Å². The van der Waals surface area contributed by atoms with Gasteiger partial charge in [-0.1, -0.05) is 30.3 Å². The van der Waals surface area contributed by atoms with Crippen molar-refractivity contribution >= 4 is 32.3 Å². The van der Waals surface area contributed by atoms with E-state index < -0.39 is 26.0 Å². The topological polar surface area (TPSA) is 85.2 Å². The maximum atomic E-state index is 13.2. The molecule has 3 aromatic carbocycles. The Morgan fingerprint density at radius 2 is 1.55 bits per heavy atom. The highest BCUT2D eigenvalue weighted by molar-refractivity contribution is 7.91. The van der Waals surface area contributed by atoms with Crippen LogP contribution >= 0.6 is 0 Å². The highest BCUT2D eigenvalue weighted by Gasteiger charge is 2.24. The zero-order valence-electron chi connectivity index (χ0n) is 16.2. The van der Waals surface area contributed by atoms with Crippen molar-refractivity contribution in [1.82, 2.24) is 4.57 Å². The second-order valence-corrected chi connectivity index (χ2v) is 8.76. The Bertz CT molecular complexity index is 1430. The highest BCUT2D eigenvalue weighted by atomic mass is 32.2. The molecule has 0 aliphatic rings. The third kappa shape index (κ3) is 4.10. The molecule has 4 rings (SSSR count). The summed E-state index contributed by atoms with van der Waals surface area (Å²) in [6, 6.07) is 19.5. The van der Waals surface area contributed by atoms with Crippen LogP contribution in [-0.2, 0) is 21.2 Å². The molecule has 156 valence electrons. The van der Waals surface area contributed by atoms with Crippen LogP contribution in [0, 0.1) is 5.82 Å². The van der Waals surface area contributed by atoms with Crippen LogP contribution in [0.5, 0.6) is 0 Å². The second kappa shape index (κ2) is 8.16. The molecule has 8 heteroatoms. The molecule has 0 bridgehead atoms. The Balaban J connectivity index is 1.81. The van der Waals surface area contributed by atoms with Crippen molar-refractivity contribution in [2.75, 3.05) is 5.32 Å². The van der Waals surface area contributed by atoms with Crippen LogP contribution in [0.25, 0.3) is 10.9 Å². The summed E-state index contributed by atoms with van der Waals surface area (Å²) in [5, 5.41) is 2.90. The number of hydrogen-bond donors (Lipinski definition) is 1. The van der Waals surface area contributed by atoms with Crippen LogP contribution in [0.2, 0.25) is 0 Å². The number of nitrogens with one attached hydrogen (secondary N) is 1. The molecule has 0 aliphatic carbocycles. The van der Waals surface area contributed by atoms with Gasteiger partial charge in [0.2, 0.25) is 21.2 Å². The average Bonchev–Trinajstić information content (AvgIpc) is 2.76. The number of halogens is 1.